The summed E-state index contributed by atoms with van der Waals surface area (Å²) in [4.78, 5) is 26.4. The Morgan fingerprint density at radius 2 is 2.06 bits per heavy atom. The lowest BCUT2D eigenvalue weighted by Crippen LogP contribution is -2.55. The fourth-order valence-electron chi connectivity index (χ4n) is 6.48. The summed E-state index contributed by atoms with van der Waals surface area (Å²) in [7, 11) is 1.91. The van der Waals surface area contributed by atoms with E-state index in [9.17, 15) is 4.79 Å². The van der Waals surface area contributed by atoms with Gasteiger partial charge >= 0.3 is 6.09 Å². The fraction of sp³-hybridized carbons (Fsp3) is 0.731. The van der Waals surface area contributed by atoms with Crippen molar-refractivity contribution in [1.82, 2.24) is 24.3 Å². The number of nitrogens with one attached hydrogen (secondary N) is 1. The Labute approximate surface area is 203 Å². The van der Waals surface area contributed by atoms with Crippen LogP contribution >= 0.6 is 0 Å². The molecule has 1 N–H and O–H groups in total. The molecule has 3 unspecified atom stereocenters. The number of amides is 1. The molecular weight excluding hydrogens is 428 g/mol. The summed E-state index contributed by atoms with van der Waals surface area (Å²) in [6.45, 7) is 9.73. The summed E-state index contributed by atoms with van der Waals surface area (Å²) in [5.41, 5.74) is 0.713. The highest BCUT2D eigenvalue weighted by atomic mass is 16.6. The lowest BCUT2D eigenvalue weighted by atomic mass is 9.84. The number of fused-ring (bicyclic) bond motifs is 1. The molecule has 1 amide bonds. The molecule has 0 bridgehead atoms. The Hall–Kier alpha value is -2.35. The van der Waals surface area contributed by atoms with Crippen molar-refractivity contribution in [2.45, 2.75) is 82.9 Å². The number of hydrogen-bond donors (Lipinski definition) is 1. The molecule has 5 rings (SSSR count). The summed E-state index contributed by atoms with van der Waals surface area (Å²) in [5.74, 6) is 1.57. The predicted molar refractivity (Wildman–Crippen MR) is 134 cm³/mol. The summed E-state index contributed by atoms with van der Waals surface area (Å²) < 4.78 is 8.05. The smallest absolute Gasteiger partial charge is 0.410 e. The molecule has 3 aliphatic rings. The van der Waals surface area contributed by atoms with E-state index in [4.69, 9.17) is 4.74 Å². The average molecular weight is 469 g/mol. The predicted octanol–water partition coefficient (Wildman–Crippen LogP) is 4.68. The van der Waals surface area contributed by atoms with Gasteiger partial charge in [0.15, 0.2) is 0 Å². The minimum Gasteiger partial charge on any atom is -0.444 e. The van der Waals surface area contributed by atoms with Crippen LogP contribution in [0.15, 0.2) is 18.6 Å². The first kappa shape index (κ1) is 23.4. The van der Waals surface area contributed by atoms with Gasteiger partial charge in [-0.1, -0.05) is 6.42 Å². The first-order valence-corrected chi connectivity index (χ1v) is 13.0. The Bertz CT molecular complexity index is 1030. The lowest BCUT2D eigenvalue weighted by Gasteiger charge is -2.46. The summed E-state index contributed by atoms with van der Waals surface area (Å²) in [5, 5.41) is 4.27. The zero-order valence-corrected chi connectivity index (χ0v) is 21.2. The molecule has 2 aliphatic heterocycles. The number of piperidine rings is 1. The number of hydrogen-bond acceptors (Lipinski definition) is 6. The third kappa shape index (κ3) is 4.49. The van der Waals surface area contributed by atoms with Crippen molar-refractivity contribution >= 4 is 22.9 Å². The van der Waals surface area contributed by atoms with Crippen LogP contribution in [0.3, 0.4) is 0 Å². The van der Waals surface area contributed by atoms with Crippen molar-refractivity contribution in [2.24, 2.45) is 5.92 Å². The SMILES string of the molecule is CNc1ncnc2c1ccn2C1CCC(CN2CCCCC23CCN(C(=O)OC(C)(C)C)C3)C1. The van der Waals surface area contributed by atoms with Crippen molar-refractivity contribution in [3.8, 4) is 0 Å². The van der Waals surface area contributed by atoms with Crippen LogP contribution in [0.25, 0.3) is 11.0 Å². The highest BCUT2D eigenvalue weighted by Crippen LogP contribution is 2.42. The zero-order valence-electron chi connectivity index (χ0n) is 21.2. The van der Waals surface area contributed by atoms with E-state index >= 15 is 0 Å². The molecule has 1 saturated carbocycles. The molecule has 0 radical (unpaired) electrons. The van der Waals surface area contributed by atoms with E-state index in [1.807, 2.05) is 32.7 Å². The van der Waals surface area contributed by atoms with Crippen LogP contribution in [0.5, 0.6) is 0 Å². The van der Waals surface area contributed by atoms with Crippen molar-refractivity contribution in [2.75, 3.05) is 38.5 Å². The van der Waals surface area contributed by atoms with Crippen LogP contribution in [0.4, 0.5) is 10.6 Å². The summed E-state index contributed by atoms with van der Waals surface area (Å²) in [6, 6.07) is 2.63. The Balaban J connectivity index is 1.25. The maximum Gasteiger partial charge on any atom is 0.410 e. The molecule has 34 heavy (non-hydrogen) atoms. The van der Waals surface area contributed by atoms with Crippen LogP contribution in [0.1, 0.15) is 71.8 Å². The molecule has 8 heteroatoms. The number of carbonyl (C=O) groups excluding carboxylic acids is 1. The Morgan fingerprint density at radius 3 is 2.85 bits per heavy atom. The topological polar surface area (TPSA) is 75.5 Å². The summed E-state index contributed by atoms with van der Waals surface area (Å²) in [6.07, 6.45) is 12.1. The van der Waals surface area contributed by atoms with Gasteiger partial charge in [-0.05, 0) is 77.8 Å². The quantitative estimate of drug-likeness (QED) is 0.702. The molecule has 4 heterocycles. The molecule has 2 aromatic heterocycles. The molecular formula is C26H40N6O2. The van der Waals surface area contributed by atoms with Gasteiger partial charge in [-0.15, -0.1) is 0 Å². The van der Waals surface area contributed by atoms with Crippen LogP contribution in [0.2, 0.25) is 0 Å². The van der Waals surface area contributed by atoms with Crippen LogP contribution in [-0.4, -0.2) is 74.8 Å². The van der Waals surface area contributed by atoms with Gasteiger partial charge in [0.2, 0.25) is 0 Å². The number of nitrogens with zero attached hydrogens (tertiary/aromatic N) is 5. The number of ether oxygens (including phenoxy) is 1. The van der Waals surface area contributed by atoms with E-state index in [-0.39, 0.29) is 11.6 Å². The minimum absolute atomic E-state index is 0.127. The second-order valence-electron chi connectivity index (χ2n) is 11.5. The van der Waals surface area contributed by atoms with Crippen molar-refractivity contribution in [3.63, 3.8) is 0 Å². The standard InChI is InChI=1S/C26H40N6O2/c1-25(2,3)34-24(33)30-14-11-26(17-30)10-5-6-12-31(26)16-19-7-8-20(15-19)32-13-9-21-22(27-4)28-18-29-23(21)32/h9,13,18-20H,5-8,10-12,14-17H2,1-4H3,(H,27,28,29). The Morgan fingerprint density at radius 1 is 1.21 bits per heavy atom. The largest absolute Gasteiger partial charge is 0.444 e. The van der Waals surface area contributed by atoms with Gasteiger partial charge in [-0.25, -0.2) is 14.8 Å². The van der Waals surface area contributed by atoms with E-state index in [2.05, 4.69) is 37.0 Å². The lowest BCUT2D eigenvalue weighted by molar-refractivity contribution is 0.0146. The second kappa shape index (κ2) is 9.02. The van der Waals surface area contributed by atoms with Gasteiger partial charge in [0.1, 0.15) is 23.4 Å². The molecule has 0 aromatic carbocycles. The normalized spacial score (nSPS) is 28.2. The van der Waals surface area contributed by atoms with Gasteiger partial charge < -0.3 is 19.5 Å². The molecule has 186 valence electrons. The van der Waals surface area contributed by atoms with Gasteiger partial charge in [0, 0.05) is 44.5 Å². The number of rotatable bonds is 4. The van der Waals surface area contributed by atoms with Crippen molar-refractivity contribution in [1.29, 1.82) is 0 Å². The van der Waals surface area contributed by atoms with E-state index < -0.39 is 5.60 Å². The summed E-state index contributed by atoms with van der Waals surface area (Å²) >= 11 is 0. The second-order valence-corrected chi connectivity index (χ2v) is 11.5. The molecule has 8 nitrogen and oxygen atoms in total. The first-order valence-electron chi connectivity index (χ1n) is 13.0. The zero-order chi connectivity index (χ0) is 23.9. The fourth-order valence-corrected chi connectivity index (χ4v) is 6.48. The number of likely N-dealkylation sites (tertiary alicyclic amines) is 2. The van der Waals surface area contributed by atoms with Gasteiger partial charge in [0.25, 0.3) is 0 Å². The van der Waals surface area contributed by atoms with Crippen LogP contribution < -0.4 is 5.32 Å². The molecule has 3 fully saturated rings. The van der Waals surface area contributed by atoms with Crippen LogP contribution in [0, 0.1) is 5.92 Å². The number of anilines is 1. The highest BCUT2D eigenvalue weighted by molar-refractivity contribution is 5.87. The third-order valence-electron chi connectivity index (χ3n) is 8.11. The molecule has 1 spiro atoms. The van der Waals surface area contributed by atoms with Gasteiger partial charge in [-0.3, -0.25) is 4.90 Å². The highest BCUT2D eigenvalue weighted by Gasteiger charge is 2.47. The number of carbonyl (C=O) groups is 1. The number of aromatic nitrogens is 3. The average Bonchev–Trinajstić information content (AvgIpc) is 3.52. The maximum absolute atomic E-state index is 12.7. The van der Waals surface area contributed by atoms with Crippen LogP contribution in [-0.2, 0) is 4.74 Å². The van der Waals surface area contributed by atoms with Gasteiger partial charge in [-0.2, -0.15) is 0 Å². The van der Waals surface area contributed by atoms with Gasteiger partial charge in [0.05, 0.1) is 5.39 Å². The third-order valence-corrected chi connectivity index (χ3v) is 8.11. The van der Waals surface area contributed by atoms with E-state index in [1.54, 1.807) is 6.33 Å². The monoisotopic (exact) mass is 468 g/mol. The minimum atomic E-state index is -0.445. The Kier molecular flexibility index (Phi) is 6.21. The molecule has 2 saturated heterocycles. The van der Waals surface area contributed by atoms with Crippen molar-refractivity contribution in [3.05, 3.63) is 18.6 Å². The molecule has 1 aliphatic carbocycles. The van der Waals surface area contributed by atoms with Crippen molar-refractivity contribution < 1.29 is 9.53 Å². The molecule has 3 atom stereocenters. The first-order chi connectivity index (χ1) is 16.3. The molecule has 2 aromatic rings. The van der Waals surface area contributed by atoms with E-state index in [0.717, 1.165) is 49.5 Å². The maximum atomic E-state index is 12.7. The van der Waals surface area contributed by atoms with E-state index in [0.29, 0.717) is 12.0 Å². The van der Waals surface area contributed by atoms with E-state index in [1.165, 1.54) is 38.5 Å².